The van der Waals surface area contributed by atoms with Crippen molar-refractivity contribution >= 4 is 17.6 Å². The summed E-state index contributed by atoms with van der Waals surface area (Å²) in [6, 6.07) is 9.30. The minimum absolute atomic E-state index is 0.502. The third-order valence-electron chi connectivity index (χ3n) is 3.67. The Hall–Kier alpha value is -1.81. The quantitative estimate of drug-likeness (QED) is 0.889. The van der Waals surface area contributed by atoms with E-state index in [1.54, 1.807) is 4.68 Å². The molecule has 2 aromatic rings. The Morgan fingerprint density at radius 3 is 2.57 bits per heavy atom. The summed E-state index contributed by atoms with van der Waals surface area (Å²) in [5, 5.41) is 14.5. The van der Waals surface area contributed by atoms with Crippen LogP contribution in [0.2, 0.25) is 5.02 Å². The molecule has 21 heavy (non-hydrogen) atoms. The number of aryl methyl sites for hydroxylation is 2. The fraction of sp³-hybridized carbons (Fsp3) is 0.375. The number of aliphatic carboxylic acids is 1. The molecule has 0 aliphatic heterocycles. The average molecular weight is 307 g/mol. The first kappa shape index (κ1) is 15.6. The van der Waals surface area contributed by atoms with Crippen molar-refractivity contribution in [2.45, 2.75) is 32.1 Å². The van der Waals surface area contributed by atoms with Gasteiger partial charge in [0.05, 0.1) is 22.3 Å². The van der Waals surface area contributed by atoms with E-state index in [2.05, 4.69) is 5.10 Å². The van der Waals surface area contributed by atoms with Crippen LogP contribution in [0.1, 0.15) is 36.2 Å². The highest BCUT2D eigenvalue weighted by atomic mass is 35.5. The maximum absolute atomic E-state index is 11.5. The SMILES string of the molecule is CCc1nn(C)c(CCC(C(=O)O)c2ccccc2)c1Cl. The molecule has 1 N–H and O–H groups in total. The lowest BCUT2D eigenvalue weighted by Gasteiger charge is -2.13. The predicted molar refractivity (Wildman–Crippen MR) is 82.7 cm³/mol. The molecular weight excluding hydrogens is 288 g/mol. The number of rotatable bonds is 6. The number of carboxylic acid groups (broad SMARTS) is 1. The van der Waals surface area contributed by atoms with Crippen molar-refractivity contribution in [1.82, 2.24) is 9.78 Å². The third kappa shape index (κ3) is 3.45. The van der Waals surface area contributed by atoms with E-state index in [1.165, 1.54) is 0 Å². The fourth-order valence-electron chi connectivity index (χ4n) is 2.49. The summed E-state index contributed by atoms with van der Waals surface area (Å²) in [6.07, 6.45) is 1.86. The Balaban J connectivity index is 2.17. The van der Waals surface area contributed by atoms with Gasteiger partial charge in [-0.05, 0) is 24.8 Å². The Morgan fingerprint density at radius 2 is 2.05 bits per heavy atom. The minimum Gasteiger partial charge on any atom is -0.481 e. The number of aromatic nitrogens is 2. The monoisotopic (exact) mass is 306 g/mol. The van der Waals surface area contributed by atoms with Crippen LogP contribution in [0, 0.1) is 0 Å². The molecule has 1 heterocycles. The second kappa shape index (κ2) is 6.76. The van der Waals surface area contributed by atoms with Crippen molar-refractivity contribution in [1.29, 1.82) is 0 Å². The number of carbonyl (C=O) groups is 1. The van der Waals surface area contributed by atoms with E-state index in [-0.39, 0.29) is 0 Å². The molecule has 0 bridgehead atoms. The lowest BCUT2D eigenvalue weighted by molar-refractivity contribution is -0.138. The first-order valence-electron chi connectivity index (χ1n) is 7.02. The molecule has 0 radical (unpaired) electrons. The molecule has 0 amide bonds. The van der Waals surface area contributed by atoms with Gasteiger partial charge in [0.2, 0.25) is 0 Å². The van der Waals surface area contributed by atoms with E-state index in [1.807, 2.05) is 44.3 Å². The summed E-state index contributed by atoms with van der Waals surface area (Å²) < 4.78 is 1.76. The lowest BCUT2D eigenvalue weighted by atomic mass is 9.93. The molecule has 112 valence electrons. The normalized spacial score (nSPS) is 12.3. The van der Waals surface area contributed by atoms with E-state index < -0.39 is 11.9 Å². The maximum atomic E-state index is 11.5. The molecule has 1 aromatic carbocycles. The van der Waals surface area contributed by atoms with Gasteiger partial charge in [0, 0.05) is 7.05 Å². The molecule has 1 atom stereocenters. The zero-order valence-corrected chi connectivity index (χ0v) is 13.0. The first-order valence-corrected chi connectivity index (χ1v) is 7.40. The Kier molecular flexibility index (Phi) is 5.02. The van der Waals surface area contributed by atoms with Gasteiger partial charge in [0.1, 0.15) is 0 Å². The molecule has 0 saturated carbocycles. The van der Waals surface area contributed by atoms with Gasteiger partial charge in [-0.3, -0.25) is 9.48 Å². The predicted octanol–water partition coefficient (Wildman–Crippen LogP) is 3.44. The standard InChI is InChI=1S/C16H19ClN2O2/c1-3-13-15(17)14(19(2)18-13)10-9-12(16(20)21)11-7-5-4-6-8-11/h4-8,12H,3,9-10H2,1-2H3,(H,20,21). The summed E-state index contributed by atoms with van der Waals surface area (Å²) >= 11 is 6.31. The molecule has 4 nitrogen and oxygen atoms in total. The lowest BCUT2D eigenvalue weighted by Crippen LogP contribution is -2.13. The highest BCUT2D eigenvalue weighted by Crippen LogP contribution is 2.26. The van der Waals surface area contributed by atoms with E-state index >= 15 is 0 Å². The first-order chi connectivity index (χ1) is 10.0. The van der Waals surface area contributed by atoms with Crippen molar-refractivity contribution in [3.8, 4) is 0 Å². The zero-order valence-electron chi connectivity index (χ0n) is 12.2. The second-order valence-electron chi connectivity index (χ2n) is 5.02. The van der Waals surface area contributed by atoms with Crippen LogP contribution >= 0.6 is 11.6 Å². The highest BCUT2D eigenvalue weighted by molar-refractivity contribution is 6.31. The topological polar surface area (TPSA) is 55.1 Å². The van der Waals surface area contributed by atoms with Crippen LogP contribution in [0.3, 0.4) is 0 Å². The molecule has 1 aromatic heterocycles. The molecule has 0 spiro atoms. The molecule has 5 heteroatoms. The van der Waals surface area contributed by atoms with Crippen molar-refractivity contribution in [3.05, 3.63) is 52.3 Å². The number of carboxylic acids is 1. The van der Waals surface area contributed by atoms with Crippen LogP contribution in [-0.2, 0) is 24.7 Å². The van der Waals surface area contributed by atoms with E-state index in [0.717, 1.165) is 23.4 Å². The largest absolute Gasteiger partial charge is 0.481 e. The maximum Gasteiger partial charge on any atom is 0.310 e. The smallest absolute Gasteiger partial charge is 0.310 e. The Morgan fingerprint density at radius 1 is 1.38 bits per heavy atom. The number of halogens is 1. The highest BCUT2D eigenvalue weighted by Gasteiger charge is 2.21. The minimum atomic E-state index is -0.810. The summed E-state index contributed by atoms with van der Waals surface area (Å²) in [6.45, 7) is 2.00. The number of benzene rings is 1. The summed E-state index contributed by atoms with van der Waals surface area (Å²) in [5.41, 5.74) is 2.58. The summed E-state index contributed by atoms with van der Waals surface area (Å²) in [7, 11) is 1.85. The van der Waals surface area contributed by atoms with Crippen molar-refractivity contribution in [2.24, 2.45) is 7.05 Å². The van der Waals surface area contributed by atoms with Crippen molar-refractivity contribution in [2.75, 3.05) is 0 Å². The molecular formula is C16H19ClN2O2. The van der Waals surface area contributed by atoms with E-state index in [9.17, 15) is 9.90 Å². The molecule has 0 aliphatic carbocycles. The summed E-state index contributed by atoms with van der Waals surface area (Å²) in [4.78, 5) is 11.5. The molecule has 2 rings (SSSR count). The Bertz CT molecular complexity index is 623. The summed E-state index contributed by atoms with van der Waals surface area (Å²) in [5.74, 6) is -1.34. The molecule has 1 unspecified atom stereocenters. The van der Waals surface area contributed by atoms with Gasteiger partial charge in [-0.25, -0.2) is 0 Å². The van der Waals surface area contributed by atoms with Gasteiger partial charge in [-0.1, -0.05) is 48.9 Å². The van der Waals surface area contributed by atoms with Crippen LogP contribution in [0.4, 0.5) is 0 Å². The van der Waals surface area contributed by atoms with Crippen LogP contribution in [-0.4, -0.2) is 20.9 Å². The van der Waals surface area contributed by atoms with Crippen LogP contribution in [0.15, 0.2) is 30.3 Å². The van der Waals surface area contributed by atoms with Crippen LogP contribution in [0.25, 0.3) is 0 Å². The van der Waals surface area contributed by atoms with E-state index in [0.29, 0.717) is 17.9 Å². The third-order valence-corrected chi connectivity index (χ3v) is 4.11. The van der Waals surface area contributed by atoms with Gasteiger partial charge in [0.25, 0.3) is 0 Å². The van der Waals surface area contributed by atoms with Gasteiger partial charge in [0.15, 0.2) is 0 Å². The molecule has 0 saturated heterocycles. The van der Waals surface area contributed by atoms with Crippen LogP contribution in [0.5, 0.6) is 0 Å². The van der Waals surface area contributed by atoms with Crippen molar-refractivity contribution in [3.63, 3.8) is 0 Å². The molecule has 0 aliphatic rings. The van der Waals surface area contributed by atoms with Gasteiger partial charge in [-0.15, -0.1) is 0 Å². The second-order valence-corrected chi connectivity index (χ2v) is 5.40. The number of nitrogens with zero attached hydrogens (tertiary/aromatic N) is 2. The van der Waals surface area contributed by atoms with Gasteiger partial charge >= 0.3 is 5.97 Å². The Labute approximate surface area is 129 Å². The molecule has 0 fully saturated rings. The average Bonchev–Trinajstić information content (AvgIpc) is 2.75. The zero-order chi connectivity index (χ0) is 15.4. The van der Waals surface area contributed by atoms with Crippen molar-refractivity contribution < 1.29 is 9.90 Å². The van der Waals surface area contributed by atoms with E-state index in [4.69, 9.17) is 11.6 Å². The van der Waals surface area contributed by atoms with Crippen LogP contribution < -0.4 is 0 Å². The number of hydrogen-bond acceptors (Lipinski definition) is 2. The van der Waals surface area contributed by atoms with Gasteiger partial charge < -0.3 is 5.11 Å². The fourth-order valence-corrected chi connectivity index (χ4v) is 2.88. The van der Waals surface area contributed by atoms with Gasteiger partial charge in [-0.2, -0.15) is 5.10 Å². The number of hydrogen-bond donors (Lipinski definition) is 1.